The first-order valence-electron chi connectivity index (χ1n) is 3.98. The Hall–Kier alpha value is -1.02. The number of ketones is 1. The average Bonchev–Trinajstić information content (AvgIpc) is 1.98. The minimum absolute atomic E-state index is 0.0342. The number of aromatic hydroxyl groups is 1. The van der Waals surface area contributed by atoms with Crippen molar-refractivity contribution < 1.29 is 9.90 Å². The molecule has 0 amide bonds. The van der Waals surface area contributed by atoms with Crippen molar-refractivity contribution in [3.05, 3.63) is 28.3 Å². The third kappa shape index (κ3) is 2.46. The first-order valence-corrected chi connectivity index (χ1v) is 4.36. The van der Waals surface area contributed by atoms with Gasteiger partial charge in [-0.15, -0.1) is 0 Å². The number of Topliss-reactive ketones (excluding diaryl/α,β-unsaturated/α-hetero) is 1. The van der Waals surface area contributed by atoms with Crippen molar-refractivity contribution in [1.29, 1.82) is 0 Å². The molecule has 1 rings (SSSR count). The summed E-state index contributed by atoms with van der Waals surface area (Å²) in [5, 5.41) is 9.82. The molecule has 0 aliphatic rings. The average molecular weight is 199 g/mol. The van der Waals surface area contributed by atoms with Crippen molar-refractivity contribution in [3.63, 3.8) is 0 Å². The number of hydrogen-bond acceptors (Lipinski definition) is 2. The number of aryl methyl sites for hydroxylation is 1. The molecule has 2 nitrogen and oxygen atoms in total. The van der Waals surface area contributed by atoms with Crippen molar-refractivity contribution in [2.75, 3.05) is 0 Å². The van der Waals surface area contributed by atoms with E-state index in [0.29, 0.717) is 10.6 Å². The molecule has 1 aromatic rings. The summed E-state index contributed by atoms with van der Waals surface area (Å²) in [5.74, 6) is 0.185. The largest absolute Gasteiger partial charge is 0.508 e. The molecule has 0 unspecified atom stereocenters. The smallest absolute Gasteiger partial charge is 0.134 e. The lowest BCUT2D eigenvalue weighted by molar-refractivity contribution is -0.116. The molecule has 0 atom stereocenters. The predicted octanol–water partition coefficient (Wildman–Crippen LogP) is 2.49. The van der Waals surface area contributed by atoms with Crippen LogP contribution in [0.4, 0.5) is 0 Å². The fourth-order valence-electron chi connectivity index (χ4n) is 1.22. The molecule has 0 heterocycles. The Labute approximate surface area is 82.2 Å². The summed E-state index contributed by atoms with van der Waals surface area (Å²) in [4.78, 5) is 10.8. The van der Waals surface area contributed by atoms with E-state index in [1.807, 2.05) is 0 Å². The number of carbonyl (C=O) groups excluding carboxylic acids is 1. The van der Waals surface area contributed by atoms with E-state index in [4.69, 9.17) is 11.6 Å². The number of rotatable bonds is 2. The van der Waals surface area contributed by atoms with Crippen LogP contribution >= 0.6 is 11.6 Å². The zero-order chi connectivity index (χ0) is 10.0. The zero-order valence-corrected chi connectivity index (χ0v) is 8.35. The summed E-state index contributed by atoms with van der Waals surface area (Å²) in [5.41, 5.74) is 1.48. The van der Waals surface area contributed by atoms with E-state index in [9.17, 15) is 9.90 Å². The van der Waals surface area contributed by atoms with Gasteiger partial charge in [-0.25, -0.2) is 0 Å². The highest BCUT2D eigenvalue weighted by atomic mass is 35.5. The van der Waals surface area contributed by atoms with Gasteiger partial charge in [0, 0.05) is 11.4 Å². The molecule has 0 radical (unpaired) electrons. The van der Waals surface area contributed by atoms with Gasteiger partial charge in [0.25, 0.3) is 0 Å². The first-order chi connectivity index (χ1) is 6.00. The van der Waals surface area contributed by atoms with E-state index in [2.05, 4.69) is 0 Å². The molecule has 0 saturated carbocycles. The molecule has 0 aliphatic heterocycles. The van der Waals surface area contributed by atoms with E-state index >= 15 is 0 Å². The van der Waals surface area contributed by atoms with Gasteiger partial charge in [-0.1, -0.05) is 11.6 Å². The Bertz CT molecular complexity index is 345. The Morgan fingerprint density at radius 2 is 2.15 bits per heavy atom. The Morgan fingerprint density at radius 1 is 1.54 bits per heavy atom. The second kappa shape index (κ2) is 3.79. The summed E-state index contributed by atoms with van der Waals surface area (Å²) in [6.07, 6.45) is 0.272. The van der Waals surface area contributed by atoms with Crippen LogP contribution in [0.5, 0.6) is 5.75 Å². The van der Waals surface area contributed by atoms with Gasteiger partial charge in [0.05, 0.1) is 0 Å². The summed E-state index contributed by atoms with van der Waals surface area (Å²) >= 11 is 5.95. The maximum atomic E-state index is 10.8. The quantitative estimate of drug-likeness (QED) is 0.793. The number of carbonyl (C=O) groups is 1. The van der Waals surface area contributed by atoms with Crippen LogP contribution in [-0.4, -0.2) is 10.9 Å². The van der Waals surface area contributed by atoms with Gasteiger partial charge < -0.3 is 5.11 Å². The van der Waals surface area contributed by atoms with Crippen molar-refractivity contribution in [3.8, 4) is 5.75 Å². The highest BCUT2D eigenvalue weighted by Gasteiger charge is 2.07. The Balaban J connectivity index is 3.12. The van der Waals surface area contributed by atoms with E-state index < -0.39 is 0 Å². The number of benzene rings is 1. The molecule has 0 aromatic heterocycles. The standard InChI is InChI=1S/C10H11ClO2/c1-6-3-9(13)5-8(10(6)11)4-7(2)12/h3,5,13H,4H2,1-2H3. The van der Waals surface area contributed by atoms with Gasteiger partial charge in [-0.3, -0.25) is 4.79 Å². The van der Waals surface area contributed by atoms with Crippen LogP contribution in [0.2, 0.25) is 5.02 Å². The molecule has 13 heavy (non-hydrogen) atoms. The van der Waals surface area contributed by atoms with Gasteiger partial charge in [-0.05, 0) is 37.1 Å². The summed E-state index contributed by atoms with van der Waals surface area (Å²) in [7, 11) is 0. The molecule has 70 valence electrons. The SMILES string of the molecule is CC(=O)Cc1cc(O)cc(C)c1Cl. The van der Waals surface area contributed by atoms with Gasteiger partial charge in [-0.2, -0.15) is 0 Å². The Kier molecular flexibility index (Phi) is 2.94. The maximum Gasteiger partial charge on any atom is 0.134 e. The van der Waals surface area contributed by atoms with Gasteiger partial charge in [0.2, 0.25) is 0 Å². The molecule has 1 aromatic carbocycles. The maximum absolute atomic E-state index is 10.8. The normalized spacial score (nSPS) is 10.1. The lowest BCUT2D eigenvalue weighted by Gasteiger charge is -2.05. The van der Waals surface area contributed by atoms with Crippen LogP contribution in [0.1, 0.15) is 18.1 Å². The van der Waals surface area contributed by atoms with E-state index in [1.54, 1.807) is 13.0 Å². The second-order valence-electron chi connectivity index (χ2n) is 3.11. The number of hydrogen-bond donors (Lipinski definition) is 1. The molecule has 0 saturated heterocycles. The highest BCUT2D eigenvalue weighted by molar-refractivity contribution is 6.32. The molecule has 0 fully saturated rings. The van der Waals surface area contributed by atoms with Crippen LogP contribution in [0.25, 0.3) is 0 Å². The van der Waals surface area contributed by atoms with Crippen LogP contribution in [0.3, 0.4) is 0 Å². The molecule has 1 N–H and O–H groups in total. The third-order valence-corrected chi connectivity index (χ3v) is 2.29. The van der Waals surface area contributed by atoms with Crippen molar-refractivity contribution in [1.82, 2.24) is 0 Å². The fraction of sp³-hybridized carbons (Fsp3) is 0.300. The van der Waals surface area contributed by atoms with Crippen LogP contribution in [0, 0.1) is 6.92 Å². The van der Waals surface area contributed by atoms with Gasteiger partial charge in [0.15, 0.2) is 0 Å². The van der Waals surface area contributed by atoms with Crippen LogP contribution < -0.4 is 0 Å². The Morgan fingerprint density at radius 3 is 2.69 bits per heavy atom. The van der Waals surface area contributed by atoms with Gasteiger partial charge in [0.1, 0.15) is 11.5 Å². The van der Waals surface area contributed by atoms with Crippen LogP contribution in [-0.2, 0) is 11.2 Å². The summed E-state index contributed by atoms with van der Waals surface area (Å²) in [6.45, 7) is 3.29. The third-order valence-electron chi connectivity index (χ3n) is 1.75. The van der Waals surface area contributed by atoms with E-state index in [-0.39, 0.29) is 18.0 Å². The van der Waals surface area contributed by atoms with Crippen molar-refractivity contribution in [2.45, 2.75) is 20.3 Å². The van der Waals surface area contributed by atoms with E-state index in [0.717, 1.165) is 5.56 Å². The number of halogens is 1. The monoisotopic (exact) mass is 198 g/mol. The lowest BCUT2D eigenvalue weighted by Crippen LogP contribution is -1.97. The second-order valence-corrected chi connectivity index (χ2v) is 3.49. The molecule has 0 spiro atoms. The van der Waals surface area contributed by atoms with Gasteiger partial charge >= 0.3 is 0 Å². The number of phenolic OH excluding ortho intramolecular Hbond substituents is 1. The molecule has 0 bridgehead atoms. The molecular weight excluding hydrogens is 188 g/mol. The van der Waals surface area contributed by atoms with E-state index in [1.165, 1.54) is 13.0 Å². The summed E-state index contributed by atoms with van der Waals surface area (Å²) < 4.78 is 0. The minimum Gasteiger partial charge on any atom is -0.508 e. The molecule has 3 heteroatoms. The van der Waals surface area contributed by atoms with Crippen molar-refractivity contribution in [2.24, 2.45) is 0 Å². The predicted molar refractivity (Wildman–Crippen MR) is 52.2 cm³/mol. The molecule has 0 aliphatic carbocycles. The summed E-state index contributed by atoms with van der Waals surface area (Å²) in [6, 6.07) is 3.10. The lowest BCUT2D eigenvalue weighted by atomic mass is 10.1. The minimum atomic E-state index is 0.0342. The fourth-order valence-corrected chi connectivity index (χ4v) is 1.39. The van der Waals surface area contributed by atoms with Crippen LogP contribution in [0.15, 0.2) is 12.1 Å². The molecular formula is C10H11ClO2. The zero-order valence-electron chi connectivity index (χ0n) is 7.60. The van der Waals surface area contributed by atoms with Crippen molar-refractivity contribution >= 4 is 17.4 Å². The topological polar surface area (TPSA) is 37.3 Å². The number of phenols is 1. The highest BCUT2D eigenvalue weighted by Crippen LogP contribution is 2.26. The first kappa shape index (κ1) is 10.1.